The minimum Gasteiger partial charge on any atom is -0.304 e. The molecule has 1 radical (unpaired) electrons. The van der Waals surface area contributed by atoms with Crippen LogP contribution in [0, 0.1) is 6.07 Å². The Kier molecular flexibility index (Phi) is 11.6. The number of hydrogen-bond acceptors (Lipinski definition) is 4. The smallest absolute Gasteiger partial charge is 0.164 e. The summed E-state index contributed by atoms with van der Waals surface area (Å²) in [5.74, 6) is 1.70. The molecule has 5 heteroatoms. The Morgan fingerprint density at radius 2 is 0.677 bits per heavy atom. The standard InChI is InChI=1S/C60H39N4.Ir/c1-5-17-41(18-6-1)46-26-15-27-47(33-46)53-36-52(44-23-11-4-12-24-44)39-55(40-53)60-63-58(49-29-16-28-48(34-49)57-56-30-14-13-25-45(56)31-32-61-57)62-59(64-60)54-37-50(42-19-7-2-8-20-42)35-51(38-54)43-21-9-3-10-22-43;/h1-27,29-40H;/q-1;. The van der Waals surface area contributed by atoms with E-state index in [0.29, 0.717) is 17.5 Å². The molecule has 11 rings (SSSR count). The molecule has 0 aliphatic rings. The molecule has 309 valence electrons. The zero-order valence-corrected chi connectivity index (χ0v) is 37.5. The third-order valence-electron chi connectivity index (χ3n) is 11.6. The molecule has 0 spiro atoms. The van der Waals surface area contributed by atoms with Gasteiger partial charge in [0.1, 0.15) is 5.82 Å². The van der Waals surface area contributed by atoms with Gasteiger partial charge in [0, 0.05) is 37.4 Å². The summed E-state index contributed by atoms with van der Waals surface area (Å²) in [7, 11) is 0. The monoisotopic (exact) mass is 1010 g/mol. The molecule has 11 aromatic rings. The maximum atomic E-state index is 5.38. The van der Waals surface area contributed by atoms with Crippen LogP contribution in [0.15, 0.2) is 237 Å². The van der Waals surface area contributed by atoms with Gasteiger partial charge >= 0.3 is 0 Å². The Balaban J connectivity index is 0.00000498. The van der Waals surface area contributed by atoms with E-state index in [4.69, 9.17) is 19.9 Å². The van der Waals surface area contributed by atoms with Crippen molar-refractivity contribution in [3.05, 3.63) is 243 Å². The average Bonchev–Trinajstić information content (AvgIpc) is 3.39. The molecule has 0 saturated carbocycles. The SMILES string of the molecule is [Ir].[c-]1ccc(-c2nc(-c3cc(-c4ccccc4)cc(-c4ccccc4)c3)nc(-c3cc(-c4ccccc4)cc(-c4cccc(-c5ccccc5)c4)c3)n2)cc1-c1nccc2ccccc12. The van der Waals surface area contributed by atoms with E-state index in [1.807, 2.05) is 48.7 Å². The van der Waals surface area contributed by atoms with Crippen LogP contribution < -0.4 is 0 Å². The zero-order valence-electron chi connectivity index (χ0n) is 35.1. The first kappa shape index (κ1) is 41.1. The molecule has 0 saturated heterocycles. The number of fused-ring (bicyclic) bond motifs is 1. The van der Waals surface area contributed by atoms with E-state index < -0.39 is 0 Å². The van der Waals surface area contributed by atoms with Crippen molar-refractivity contribution in [3.8, 4) is 101 Å². The van der Waals surface area contributed by atoms with Crippen LogP contribution in [0.25, 0.3) is 112 Å². The molecule has 0 bridgehead atoms. The molecule has 0 aliphatic carbocycles. The molecule has 0 unspecified atom stereocenters. The summed E-state index contributed by atoms with van der Waals surface area (Å²) in [6, 6.07) is 83.9. The van der Waals surface area contributed by atoms with Crippen molar-refractivity contribution in [3.63, 3.8) is 0 Å². The van der Waals surface area contributed by atoms with Crippen LogP contribution in [0.3, 0.4) is 0 Å². The third kappa shape index (κ3) is 8.72. The van der Waals surface area contributed by atoms with Gasteiger partial charge in [-0.25, -0.2) is 15.0 Å². The summed E-state index contributed by atoms with van der Waals surface area (Å²) in [4.78, 5) is 20.9. The number of aromatic nitrogens is 4. The van der Waals surface area contributed by atoms with E-state index in [0.717, 1.165) is 88.8 Å². The molecule has 4 nitrogen and oxygen atoms in total. The van der Waals surface area contributed by atoms with Crippen molar-refractivity contribution in [2.75, 3.05) is 0 Å². The van der Waals surface area contributed by atoms with Gasteiger partial charge in [-0.15, -0.1) is 29.8 Å². The zero-order chi connectivity index (χ0) is 42.7. The number of rotatable bonds is 9. The van der Waals surface area contributed by atoms with Crippen molar-refractivity contribution < 1.29 is 20.1 Å². The van der Waals surface area contributed by atoms with Crippen molar-refractivity contribution in [1.29, 1.82) is 0 Å². The Morgan fingerprint density at radius 1 is 0.292 bits per heavy atom. The maximum Gasteiger partial charge on any atom is 0.164 e. The van der Waals surface area contributed by atoms with Gasteiger partial charge in [0.05, 0.1) is 0 Å². The van der Waals surface area contributed by atoms with Gasteiger partial charge in [0.2, 0.25) is 0 Å². The molecule has 0 atom stereocenters. The first-order valence-corrected chi connectivity index (χ1v) is 21.4. The average molecular weight is 1010 g/mol. The minimum absolute atomic E-state index is 0. The first-order valence-electron chi connectivity index (χ1n) is 21.4. The van der Waals surface area contributed by atoms with E-state index in [1.165, 1.54) is 5.56 Å². The van der Waals surface area contributed by atoms with Gasteiger partial charge in [-0.1, -0.05) is 169 Å². The molecule has 2 aromatic heterocycles. The Labute approximate surface area is 392 Å². The summed E-state index contributed by atoms with van der Waals surface area (Å²) >= 11 is 0. The van der Waals surface area contributed by atoms with Gasteiger partial charge in [-0.2, -0.15) is 0 Å². The van der Waals surface area contributed by atoms with Crippen molar-refractivity contribution >= 4 is 10.8 Å². The van der Waals surface area contributed by atoms with Crippen LogP contribution in [0.5, 0.6) is 0 Å². The number of benzene rings is 9. The van der Waals surface area contributed by atoms with E-state index >= 15 is 0 Å². The van der Waals surface area contributed by atoms with E-state index in [-0.39, 0.29) is 20.1 Å². The van der Waals surface area contributed by atoms with Gasteiger partial charge in [-0.3, -0.25) is 0 Å². The van der Waals surface area contributed by atoms with Crippen molar-refractivity contribution in [2.24, 2.45) is 0 Å². The summed E-state index contributed by atoms with van der Waals surface area (Å²) in [6.45, 7) is 0. The Hall–Kier alpha value is -7.95. The molecular weight excluding hydrogens is 969 g/mol. The van der Waals surface area contributed by atoms with E-state index in [2.05, 4.69) is 194 Å². The summed E-state index contributed by atoms with van der Waals surface area (Å²) in [5.41, 5.74) is 15.4. The fourth-order valence-electron chi connectivity index (χ4n) is 8.42. The summed E-state index contributed by atoms with van der Waals surface area (Å²) < 4.78 is 0. The van der Waals surface area contributed by atoms with Crippen LogP contribution in [0.4, 0.5) is 0 Å². The molecule has 0 N–H and O–H groups in total. The van der Waals surface area contributed by atoms with Gasteiger partial charge < -0.3 is 4.98 Å². The van der Waals surface area contributed by atoms with Gasteiger partial charge in [0.25, 0.3) is 0 Å². The molecule has 0 aliphatic heterocycles. The second-order valence-corrected chi connectivity index (χ2v) is 15.8. The van der Waals surface area contributed by atoms with Gasteiger partial charge in [-0.05, 0) is 121 Å². The van der Waals surface area contributed by atoms with Crippen LogP contribution >= 0.6 is 0 Å². The van der Waals surface area contributed by atoms with Crippen LogP contribution in [0.2, 0.25) is 0 Å². The van der Waals surface area contributed by atoms with Crippen molar-refractivity contribution in [1.82, 2.24) is 19.9 Å². The molecule has 65 heavy (non-hydrogen) atoms. The van der Waals surface area contributed by atoms with Crippen LogP contribution in [-0.4, -0.2) is 19.9 Å². The second-order valence-electron chi connectivity index (χ2n) is 15.8. The predicted molar refractivity (Wildman–Crippen MR) is 263 cm³/mol. The number of pyridine rings is 1. The molecular formula is C60H39IrN4-. The molecule has 9 aromatic carbocycles. The van der Waals surface area contributed by atoms with Gasteiger partial charge in [0.15, 0.2) is 11.6 Å². The number of nitrogens with zero attached hydrogens (tertiary/aromatic N) is 4. The minimum atomic E-state index is 0. The summed E-state index contributed by atoms with van der Waals surface area (Å²) in [6.07, 6.45) is 1.86. The van der Waals surface area contributed by atoms with Crippen molar-refractivity contribution in [2.45, 2.75) is 0 Å². The third-order valence-corrected chi connectivity index (χ3v) is 11.6. The normalized spacial score (nSPS) is 11.0. The van der Waals surface area contributed by atoms with Crippen LogP contribution in [0.1, 0.15) is 0 Å². The first-order chi connectivity index (χ1) is 31.7. The Bertz CT molecular complexity index is 3370. The molecule has 0 amide bonds. The number of hydrogen-bond donors (Lipinski definition) is 0. The van der Waals surface area contributed by atoms with Crippen LogP contribution in [-0.2, 0) is 20.1 Å². The fraction of sp³-hybridized carbons (Fsp3) is 0. The molecule has 2 heterocycles. The predicted octanol–water partition coefficient (Wildman–Crippen LogP) is 15.2. The topological polar surface area (TPSA) is 51.6 Å². The Morgan fingerprint density at radius 3 is 1.20 bits per heavy atom. The summed E-state index contributed by atoms with van der Waals surface area (Å²) in [5, 5.41) is 2.18. The quantitative estimate of drug-likeness (QED) is 0.135. The maximum absolute atomic E-state index is 5.38. The fourth-order valence-corrected chi connectivity index (χ4v) is 8.42. The van der Waals surface area contributed by atoms with E-state index in [9.17, 15) is 0 Å². The largest absolute Gasteiger partial charge is 0.304 e. The van der Waals surface area contributed by atoms with E-state index in [1.54, 1.807) is 0 Å². The second kappa shape index (κ2) is 18.4. The molecule has 0 fully saturated rings.